The van der Waals surface area contributed by atoms with Crippen LogP contribution in [0.4, 0.5) is 0 Å². The summed E-state index contributed by atoms with van der Waals surface area (Å²) in [7, 11) is 0. The Hall–Kier alpha value is 0.160. The first-order valence-corrected chi connectivity index (χ1v) is 8.61. The maximum absolute atomic E-state index is 6.28. The maximum Gasteiger partial charge on any atom is 0.0918 e. The van der Waals surface area contributed by atoms with Crippen molar-refractivity contribution in [2.75, 3.05) is 4.43 Å². The molecule has 0 N–H and O–H groups in total. The molecule has 1 heterocycles. The van der Waals surface area contributed by atoms with Crippen LogP contribution in [0.2, 0.25) is 5.02 Å². The summed E-state index contributed by atoms with van der Waals surface area (Å²) in [6, 6.07) is 7.96. The first kappa shape index (κ1) is 15.5. The van der Waals surface area contributed by atoms with Gasteiger partial charge in [0.2, 0.25) is 0 Å². The molecule has 4 heteroatoms. The summed E-state index contributed by atoms with van der Waals surface area (Å²) in [5, 5.41) is 0.768. The number of benzene rings is 1. The number of hydrogen-bond donors (Lipinski definition) is 0. The zero-order chi connectivity index (χ0) is 13.8. The van der Waals surface area contributed by atoms with Crippen LogP contribution >= 0.6 is 34.2 Å². The van der Waals surface area contributed by atoms with Crippen LogP contribution in [0, 0.1) is 0 Å². The summed E-state index contributed by atoms with van der Waals surface area (Å²) in [5.74, 6) is 0. The number of hydrogen-bond acceptors (Lipinski definition) is 2. The molecule has 0 saturated carbocycles. The highest BCUT2D eigenvalue weighted by atomic mass is 127. The fourth-order valence-corrected chi connectivity index (χ4v) is 3.41. The van der Waals surface area contributed by atoms with Crippen LogP contribution in [0.15, 0.2) is 24.3 Å². The first-order chi connectivity index (χ1) is 9.08. The summed E-state index contributed by atoms with van der Waals surface area (Å²) in [5.41, 5.74) is 1.20. The van der Waals surface area contributed by atoms with Crippen molar-refractivity contribution in [2.45, 2.75) is 51.1 Å². The lowest BCUT2D eigenvalue weighted by atomic mass is 10.0. The third kappa shape index (κ3) is 4.59. The molecule has 1 aliphatic rings. The summed E-state index contributed by atoms with van der Waals surface area (Å²) in [6.45, 7) is 4.24. The molecular formula is C15H20ClIO2. The van der Waals surface area contributed by atoms with Crippen molar-refractivity contribution in [1.82, 2.24) is 0 Å². The van der Waals surface area contributed by atoms with Gasteiger partial charge in [-0.05, 0) is 44.4 Å². The summed E-state index contributed by atoms with van der Waals surface area (Å²) in [4.78, 5) is 0. The average Bonchev–Trinajstić information content (AvgIpc) is 2.36. The number of halogens is 2. The van der Waals surface area contributed by atoms with Crippen molar-refractivity contribution >= 4 is 34.2 Å². The normalized spacial score (nSPS) is 29.2. The molecule has 0 radical (unpaired) electrons. The highest BCUT2D eigenvalue weighted by Gasteiger charge is 2.27. The average molecular weight is 395 g/mol. The minimum Gasteiger partial charge on any atom is -0.375 e. The third-order valence-electron chi connectivity index (χ3n) is 3.39. The van der Waals surface area contributed by atoms with Crippen molar-refractivity contribution in [3.8, 4) is 0 Å². The Kier molecular flexibility index (Phi) is 5.93. The van der Waals surface area contributed by atoms with E-state index >= 15 is 0 Å². The Morgan fingerprint density at radius 2 is 1.84 bits per heavy atom. The lowest BCUT2D eigenvalue weighted by molar-refractivity contribution is -0.118. The quantitative estimate of drug-likeness (QED) is 0.540. The van der Waals surface area contributed by atoms with Gasteiger partial charge in [-0.25, -0.2) is 0 Å². The van der Waals surface area contributed by atoms with Crippen molar-refractivity contribution in [3.63, 3.8) is 0 Å². The van der Waals surface area contributed by atoms with Gasteiger partial charge in [0.25, 0.3) is 0 Å². The largest absolute Gasteiger partial charge is 0.375 e. The van der Waals surface area contributed by atoms with Gasteiger partial charge >= 0.3 is 0 Å². The van der Waals surface area contributed by atoms with Crippen LogP contribution < -0.4 is 0 Å². The fraction of sp³-hybridized carbons (Fsp3) is 0.600. The molecule has 1 saturated heterocycles. The Labute approximate surface area is 134 Å². The molecular weight excluding hydrogens is 375 g/mol. The van der Waals surface area contributed by atoms with Gasteiger partial charge in [-0.15, -0.1) is 0 Å². The van der Waals surface area contributed by atoms with Gasteiger partial charge < -0.3 is 9.47 Å². The lowest BCUT2D eigenvalue weighted by Crippen LogP contribution is -2.35. The van der Waals surface area contributed by atoms with Crippen molar-refractivity contribution in [2.24, 2.45) is 0 Å². The van der Waals surface area contributed by atoms with E-state index in [1.807, 2.05) is 12.1 Å². The molecule has 0 amide bonds. The Bertz CT molecular complexity index is 386. The van der Waals surface area contributed by atoms with E-state index in [0.29, 0.717) is 0 Å². The van der Waals surface area contributed by atoms with Gasteiger partial charge in [0.1, 0.15) is 0 Å². The lowest BCUT2D eigenvalue weighted by Gasteiger charge is -2.34. The molecule has 3 unspecified atom stereocenters. The van der Waals surface area contributed by atoms with Crippen molar-refractivity contribution in [3.05, 3.63) is 34.9 Å². The molecule has 2 nitrogen and oxygen atoms in total. The number of ether oxygens (including phenoxy) is 2. The van der Waals surface area contributed by atoms with E-state index in [4.69, 9.17) is 21.1 Å². The monoisotopic (exact) mass is 394 g/mol. The predicted molar refractivity (Wildman–Crippen MR) is 87.2 cm³/mol. The van der Waals surface area contributed by atoms with E-state index in [2.05, 4.69) is 48.6 Å². The molecule has 1 fully saturated rings. The van der Waals surface area contributed by atoms with Gasteiger partial charge in [0.05, 0.1) is 24.4 Å². The number of alkyl halides is 1. The van der Waals surface area contributed by atoms with E-state index in [1.165, 1.54) is 5.56 Å². The third-order valence-corrected chi connectivity index (χ3v) is 4.44. The SMILES string of the molecule is CC1CC(OC(CI)c2ccc(Cl)cc2)CC(C)O1. The molecule has 3 atom stereocenters. The zero-order valence-electron chi connectivity index (χ0n) is 11.3. The highest BCUT2D eigenvalue weighted by Crippen LogP contribution is 2.29. The van der Waals surface area contributed by atoms with Gasteiger partial charge in [-0.3, -0.25) is 0 Å². The second kappa shape index (κ2) is 7.25. The van der Waals surface area contributed by atoms with E-state index in [0.717, 1.165) is 22.3 Å². The minimum atomic E-state index is 0.139. The molecule has 1 aromatic carbocycles. The molecule has 106 valence electrons. The van der Waals surface area contributed by atoms with Crippen LogP contribution in [-0.2, 0) is 9.47 Å². The molecule has 0 aromatic heterocycles. The summed E-state index contributed by atoms with van der Waals surface area (Å²) < 4.78 is 13.0. The molecule has 0 spiro atoms. The van der Waals surface area contributed by atoms with E-state index < -0.39 is 0 Å². The Morgan fingerprint density at radius 1 is 1.26 bits per heavy atom. The summed E-state index contributed by atoms with van der Waals surface area (Å²) in [6.07, 6.45) is 2.95. The smallest absolute Gasteiger partial charge is 0.0918 e. The number of rotatable bonds is 4. The van der Waals surface area contributed by atoms with Crippen molar-refractivity contribution < 1.29 is 9.47 Å². The molecule has 0 bridgehead atoms. The standard InChI is InChI=1S/C15H20ClIO2/c1-10-7-14(8-11(2)18-10)19-15(9-17)12-3-5-13(16)6-4-12/h3-6,10-11,14-15H,7-9H2,1-2H3. The van der Waals surface area contributed by atoms with Crippen molar-refractivity contribution in [1.29, 1.82) is 0 Å². The molecule has 1 aliphatic heterocycles. The molecule has 2 rings (SSSR count). The topological polar surface area (TPSA) is 18.5 Å². The van der Waals surface area contributed by atoms with E-state index in [1.54, 1.807) is 0 Å². The van der Waals surface area contributed by atoms with Gasteiger partial charge in [0, 0.05) is 9.45 Å². The minimum absolute atomic E-state index is 0.139. The Balaban J connectivity index is 2.00. The van der Waals surface area contributed by atoms with Gasteiger partial charge in [0.15, 0.2) is 0 Å². The van der Waals surface area contributed by atoms with E-state index in [9.17, 15) is 0 Å². The summed E-state index contributed by atoms with van der Waals surface area (Å²) >= 11 is 8.31. The van der Waals surface area contributed by atoms with Crippen LogP contribution in [-0.4, -0.2) is 22.7 Å². The first-order valence-electron chi connectivity index (χ1n) is 6.71. The second-order valence-electron chi connectivity index (χ2n) is 5.18. The zero-order valence-corrected chi connectivity index (χ0v) is 14.2. The Morgan fingerprint density at radius 3 is 2.37 bits per heavy atom. The maximum atomic E-state index is 6.28. The van der Waals surface area contributed by atoms with Crippen LogP contribution in [0.3, 0.4) is 0 Å². The van der Waals surface area contributed by atoms with Gasteiger partial charge in [-0.2, -0.15) is 0 Å². The van der Waals surface area contributed by atoms with E-state index in [-0.39, 0.29) is 24.4 Å². The molecule has 1 aromatic rings. The highest BCUT2D eigenvalue weighted by molar-refractivity contribution is 14.1. The van der Waals surface area contributed by atoms with Crippen LogP contribution in [0.25, 0.3) is 0 Å². The van der Waals surface area contributed by atoms with Crippen LogP contribution in [0.5, 0.6) is 0 Å². The van der Waals surface area contributed by atoms with Crippen LogP contribution in [0.1, 0.15) is 38.4 Å². The molecule has 0 aliphatic carbocycles. The fourth-order valence-electron chi connectivity index (χ4n) is 2.57. The molecule has 19 heavy (non-hydrogen) atoms. The van der Waals surface area contributed by atoms with Gasteiger partial charge in [-0.1, -0.05) is 46.3 Å². The predicted octanol–water partition coefficient (Wildman–Crippen LogP) is 4.79. The second-order valence-corrected chi connectivity index (χ2v) is 6.50.